The number of halogens is 2. The third kappa shape index (κ3) is 4.69. The molecule has 3 aromatic rings. The van der Waals surface area contributed by atoms with Crippen molar-refractivity contribution >= 4 is 59.7 Å². The number of nitrogens with two attached hydrogens (primary N) is 1. The number of rotatable bonds is 5. The van der Waals surface area contributed by atoms with Crippen LogP contribution in [0.4, 0.5) is 5.13 Å². The van der Waals surface area contributed by atoms with Gasteiger partial charge in [0.25, 0.3) is 0 Å². The molecular weight excluding hydrogens is 476 g/mol. The van der Waals surface area contributed by atoms with Crippen molar-refractivity contribution in [3.8, 4) is 0 Å². The SMILES string of the molecule is Cc1c[n+](C/C(=C\C(=O)c2ccc(Br)cc2)c2ccc(Br)cc2)c(N)s1. The van der Waals surface area contributed by atoms with Crippen LogP contribution in [0.5, 0.6) is 0 Å². The lowest BCUT2D eigenvalue weighted by atomic mass is 10.0. The van der Waals surface area contributed by atoms with E-state index in [2.05, 4.69) is 31.9 Å². The minimum Gasteiger partial charge on any atom is -0.289 e. The average molecular weight is 493 g/mol. The molecule has 3 rings (SSSR count). The minimum absolute atomic E-state index is 0.0264. The smallest absolute Gasteiger partial charge is 0.289 e. The highest BCUT2D eigenvalue weighted by molar-refractivity contribution is 9.10. The van der Waals surface area contributed by atoms with Gasteiger partial charge in [0.15, 0.2) is 5.78 Å². The van der Waals surface area contributed by atoms with Crippen molar-refractivity contribution in [1.82, 2.24) is 0 Å². The molecular formula is C20H17Br2N2OS+. The highest BCUT2D eigenvalue weighted by atomic mass is 79.9. The molecule has 26 heavy (non-hydrogen) atoms. The van der Waals surface area contributed by atoms with Crippen molar-refractivity contribution in [2.45, 2.75) is 13.5 Å². The molecule has 6 heteroatoms. The van der Waals surface area contributed by atoms with E-state index in [1.165, 1.54) is 0 Å². The van der Waals surface area contributed by atoms with Gasteiger partial charge in [-0.25, -0.2) is 4.57 Å². The first-order chi connectivity index (χ1) is 12.4. The number of thiazole rings is 1. The number of anilines is 1. The Morgan fingerprint density at radius 3 is 2.08 bits per heavy atom. The molecule has 0 atom stereocenters. The lowest BCUT2D eigenvalue weighted by Crippen LogP contribution is -2.34. The first-order valence-electron chi connectivity index (χ1n) is 7.94. The molecule has 1 aromatic heterocycles. The van der Waals surface area contributed by atoms with Crippen molar-refractivity contribution in [3.05, 3.63) is 85.8 Å². The van der Waals surface area contributed by atoms with Crippen LogP contribution in [0.25, 0.3) is 5.57 Å². The van der Waals surface area contributed by atoms with Gasteiger partial charge in [0, 0.05) is 25.0 Å². The Hall–Kier alpha value is -1.76. The number of aryl methyl sites for hydroxylation is 1. The van der Waals surface area contributed by atoms with Crippen LogP contribution in [0.15, 0.2) is 69.7 Å². The van der Waals surface area contributed by atoms with Crippen LogP contribution in [-0.4, -0.2) is 5.78 Å². The normalized spacial score (nSPS) is 11.6. The predicted molar refractivity (Wildman–Crippen MR) is 114 cm³/mol. The Morgan fingerprint density at radius 2 is 1.58 bits per heavy atom. The van der Waals surface area contributed by atoms with Gasteiger partial charge in [-0.2, -0.15) is 0 Å². The zero-order valence-corrected chi connectivity index (χ0v) is 18.1. The quantitative estimate of drug-likeness (QED) is 0.293. The third-order valence-electron chi connectivity index (χ3n) is 3.88. The van der Waals surface area contributed by atoms with E-state index in [1.54, 1.807) is 17.4 Å². The van der Waals surface area contributed by atoms with Gasteiger partial charge in [-0.3, -0.25) is 10.5 Å². The molecule has 0 unspecified atom stereocenters. The fourth-order valence-corrected chi connectivity index (χ4v) is 3.85. The molecule has 2 aromatic carbocycles. The molecule has 0 saturated heterocycles. The van der Waals surface area contributed by atoms with Gasteiger partial charge in [-0.15, -0.1) is 0 Å². The molecule has 0 aliphatic rings. The van der Waals surface area contributed by atoms with E-state index in [9.17, 15) is 4.79 Å². The van der Waals surface area contributed by atoms with Gasteiger partial charge in [0.05, 0.1) is 0 Å². The Balaban J connectivity index is 1.98. The third-order valence-corrected chi connectivity index (χ3v) is 5.80. The number of nitrogen functional groups attached to an aromatic ring is 1. The molecule has 132 valence electrons. The second-order valence-corrected chi connectivity index (χ2v) is 8.95. The maximum atomic E-state index is 12.7. The number of carbonyl (C=O) groups is 1. The predicted octanol–water partition coefficient (Wildman–Crippen LogP) is 5.42. The molecule has 0 bridgehead atoms. The lowest BCUT2D eigenvalue weighted by Gasteiger charge is -2.07. The molecule has 0 fully saturated rings. The van der Waals surface area contributed by atoms with Crippen molar-refractivity contribution in [3.63, 3.8) is 0 Å². The summed E-state index contributed by atoms with van der Waals surface area (Å²) in [5.41, 5.74) is 8.67. The molecule has 0 saturated carbocycles. The maximum absolute atomic E-state index is 12.7. The number of benzene rings is 2. The zero-order valence-electron chi connectivity index (χ0n) is 14.1. The molecule has 1 heterocycles. The second-order valence-electron chi connectivity index (χ2n) is 5.86. The fourth-order valence-electron chi connectivity index (χ4n) is 2.58. The number of ketones is 1. The van der Waals surface area contributed by atoms with E-state index in [-0.39, 0.29) is 5.78 Å². The fraction of sp³-hybridized carbons (Fsp3) is 0.100. The van der Waals surface area contributed by atoms with Gasteiger partial charge in [-0.1, -0.05) is 55.3 Å². The highest BCUT2D eigenvalue weighted by Crippen LogP contribution is 2.21. The van der Waals surface area contributed by atoms with E-state index in [1.807, 2.05) is 66.2 Å². The monoisotopic (exact) mass is 491 g/mol. The molecule has 0 amide bonds. The van der Waals surface area contributed by atoms with Gasteiger partial charge < -0.3 is 0 Å². The lowest BCUT2D eigenvalue weighted by molar-refractivity contribution is -0.665. The summed E-state index contributed by atoms with van der Waals surface area (Å²) in [6.07, 6.45) is 3.71. The maximum Gasteiger partial charge on any atom is 0.332 e. The van der Waals surface area contributed by atoms with Crippen molar-refractivity contribution < 1.29 is 9.36 Å². The Kier molecular flexibility index (Phi) is 6.06. The molecule has 0 radical (unpaired) electrons. The first kappa shape index (κ1) is 19.0. The first-order valence-corrected chi connectivity index (χ1v) is 10.3. The van der Waals surface area contributed by atoms with E-state index < -0.39 is 0 Å². The van der Waals surface area contributed by atoms with E-state index in [0.29, 0.717) is 12.1 Å². The Labute approximate surface area is 173 Å². The van der Waals surface area contributed by atoms with Crippen LogP contribution in [0.1, 0.15) is 20.8 Å². The summed E-state index contributed by atoms with van der Waals surface area (Å²) in [7, 11) is 0. The number of nitrogens with zero attached hydrogens (tertiary/aromatic N) is 1. The van der Waals surface area contributed by atoms with Crippen LogP contribution in [0, 0.1) is 6.92 Å². The van der Waals surface area contributed by atoms with E-state index in [0.717, 1.165) is 30.1 Å². The van der Waals surface area contributed by atoms with Gasteiger partial charge in [-0.05, 0) is 55.0 Å². The van der Waals surface area contributed by atoms with E-state index in [4.69, 9.17) is 5.73 Å². The van der Waals surface area contributed by atoms with Gasteiger partial charge in [0.2, 0.25) is 0 Å². The number of carbonyl (C=O) groups excluding carboxylic acids is 1. The summed E-state index contributed by atoms with van der Waals surface area (Å²) >= 11 is 8.39. The van der Waals surface area contributed by atoms with Crippen LogP contribution in [0.3, 0.4) is 0 Å². The summed E-state index contributed by atoms with van der Waals surface area (Å²) in [6.45, 7) is 2.56. The summed E-state index contributed by atoms with van der Waals surface area (Å²) in [5.74, 6) is -0.0264. The molecule has 3 nitrogen and oxygen atoms in total. The number of aromatic nitrogens is 1. The van der Waals surface area contributed by atoms with Crippen molar-refractivity contribution in [1.29, 1.82) is 0 Å². The standard InChI is InChI=1S/C20H16Br2N2OS/c1-13-11-24(20(23)26-13)12-16(14-2-6-17(21)7-3-14)10-19(25)15-4-8-18(22)9-5-15/h2-11,23H,12H2,1H3/p+1/b16-10+. The van der Waals surface area contributed by atoms with Crippen LogP contribution >= 0.6 is 43.2 Å². The second kappa shape index (κ2) is 8.29. The topological polar surface area (TPSA) is 47.0 Å². The number of hydrogen-bond donors (Lipinski definition) is 1. The number of allylic oxidation sites excluding steroid dienone is 2. The van der Waals surface area contributed by atoms with E-state index >= 15 is 0 Å². The summed E-state index contributed by atoms with van der Waals surface area (Å²) in [4.78, 5) is 13.9. The largest absolute Gasteiger partial charge is 0.332 e. The zero-order chi connectivity index (χ0) is 18.7. The number of hydrogen-bond acceptors (Lipinski definition) is 3. The van der Waals surface area contributed by atoms with Gasteiger partial charge in [0.1, 0.15) is 12.7 Å². The van der Waals surface area contributed by atoms with Crippen LogP contribution in [0.2, 0.25) is 0 Å². The minimum atomic E-state index is -0.0264. The summed E-state index contributed by atoms with van der Waals surface area (Å²) < 4.78 is 3.92. The van der Waals surface area contributed by atoms with Gasteiger partial charge >= 0.3 is 5.13 Å². The van der Waals surface area contributed by atoms with Crippen molar-refractivity contribution in [2.24, 2.45) is 0 Å². The molecule has 0 spiro atoms. The molecule has 2 N–H and O–H groups in total. The summed E-state index contributed by atoms with van der Waals surface area (Å²) in [5, 5.41) is 0.724. The molecule has 0 aliphatic carbocycles. The molecule has 0 aliphatic heterocycles. The Morgan fingerprint density at radius 1 is 1.04 bits per heavy atom. The Bertz CT molecular complexity index is 960. The van der Waals surface area contributed by atoms with Crippen LogP contribution < -0.4 is 10.3 Å². The summed E-state index contributed by atoms with van der Waals surface area (Å²) in [6, 6.07) is 15.3. The highest BCUT2D eigenvalue weighted by Gasteiger charge is 2.14. The average Bonchev–Trinajstić information content (AvgIpc) is 2.92. The van der Waals surface area contributed by atoms with Crippen LogP contribution in [-0.2, 0) is 6.54 Å². The van der Waals surface area contributed by atoms with Crippen molar-refractivity contribution in [2.75, 3.05) is 5.73 Å².